The number of aromatic amines is 1. The van der Waals surface area contributed by atoms with Crippen LogP contribution in [0.25, 0.3) is 22.3 Å². The number of ether oxygens (including phenoxy) is 2. The van der Waals surface area contributed by atoms with E-state index in [1.54, 1.807) is 13.2 Å². The van der Waals surface area contributed by atoms with Crippen LogP contribution in [0.1, 0.15) is 32.1 Å². The van der Waals surface area contributed by atoms with Crippen LogP contribution >= 0.6 is 0 Å². The van der Waals surface area contributed by atoms with E-state index in [4.69, 9.17) is 9.47 Å². The lowest BCUT2D eigenvalue weighted by Gasteiger charge is -2.28. The number of hydrogen-bond donors (Lipinski definition) is 4. The molecule has 15 heteroatoms. The van der Waals surface area contributed by atoms with Gasteiger partial charge in [0.15, 0.2) is 5.39 Å². The Hall–Kier alpha value is -3.33. The van der Waals surface area contributed by atoms with Crippen molar-refractivity contribution in [1.29, 1.82) is 0 Å². The molecular formula is C22H28F3N6O5S+. The average Bonchev–Trinajstić information content (AvgIpc) is 3.31. The first kappa shape index (κ1) is 26.7. The van der Waals surface area contributed by atoms with Gasteiger partial charge in [0.05, 0.1) is 38.1 Å². The highest BCUT2D eigenvalue weighted by Crippen LogP contribution is 2.36. The lowest BCUT2D eigenvalue weighted by molar-refractivity contribution is -0.876. The largest absolute Gasteiger partial charge is 0.496 e. The molecule has 0 unspecified atom stereocenters. The zero-order valence-corrected chi connectivity index (χ0v) is 21.0. The normalized spacial score (nSPS) is 18.6. The smallest absolute Gasteiger partial charge is 0.390 e. The van der Waals surface area contributed by atoms with Gasteiger partial charge in [-0.2, -0.15) is 13.2 Å². The minimum atomic E-state index is -4.53. The Kier molecular flexibility index (Phi) is 7.64. The highest BCUT2D eigenvalue weighted by atomic mass is 32.2. The monoisotopic (exact) mass is 545 g/mol. The molecule has 0 amide bonds. The number of benzene rings is 1. The van der Waals surface area contributed by atoms with Gasteiger partial charge in [-0.25, -0.2) is 18.2 Å². The summed E-state index contributed by atoms with van der Waals surface area (Å²) in [4.78, 5) is 4.41. The lowest BCUT2D eigenvalue weighted by atomic mass is 9.92. The molecule has 1 fully saturated rings. The van der Waals surface area contributed by atoms with Gasteiger partial charge in [-0.3, -0.25) is 5.32 Å². The van der Waals surface area contributed by atoms with E-state index in [1.165, 1.54) is 7.11 Å². The van der Waals surface area contributed by atoms with Gasteiger partial charge in [0.25, 0.3) is 5.88 Å². The van der Waals surface area contributed by atoms with Gasteiger partial charge in [0.1, 0.15) is 5.75 Å². The zero-order chi connectivity index (χ0) is 26.8. The van der Waals surface area contributed by atoms with Crippen molar-refractivity contribution in [3.05, 3.63) is 24.3 Å². The van der Waals surface area contributed by atoms with Crippen molar-refractivity contribution < 1.29 is 41.0 Å². The number of fused-ring (bicyclic) bond motifs is 1. The summed E-state index contributed by atoms with van der Waals surface area (Å²) in [5.41, 5.74) is 1.41. The molecule has 0 spiro atoms. The molecular weight excluding hydrogens is 517 g/mol. The zero-order valence-electron chi connectivity index (χ0n) is 20.2. The van der Waals surface area contributed by atoms with E-state index in [1.807, 2.05) is 18.2 Å². The molecule has 1 aliphatic carbocycles. The standard InChI is InChI=1S/C22H27F3N6O5S/c1-35-16-6-4-3-5-15(16)18-17-19(29-28-18)31(32)21(27-20(17)36-2)26-13-7-9-14(10-8-13)30-37(33,34)12-11-22(23,24)25/h3-6,13-14,30,32H,7-12H2,1-2H3,(H,26,27,28,29)/p+1. The highest BCUT2D eigenvalue weighted by molar-refractivity contribution is 7.89. The second-order valence-corrected chi connectivity index (χ2v) is 10.6. The molecule has 1 saturated carbocycles. The minimum absolute atomic E-state index is 0.0802. The van der Waals surface area contributed by atoms with Crippen molar-refractivity contribution in [1.82, 2.24) is 19.9 Å². The van der Waals surface area contributed by atoms with E-state index in [0.717, 1.165) is 4.73 Å². The Bertz CT molecular complexity index is 1360. The molecule has 37 heavy (non-hydrogen) atoms. The number of H-pyrrole nitrogens is 1. The number of nitrogens with one attached hydrogen (secondary N) is 3. The maximum absolute atomic E-state index is 12.4. The summed E-state index contributed by atoms with van der Waals surface area (Å²) < 4.78 is 75.2. The molecule has 0 bridgehead atoms. The molecule has 1 aliphatic rings. The minimum Gasteiger partial charge on any atom is -0.496 e. The SMILES string of the molecule is COc1ccccc1-c1[nH]nc2c1c(OC)nc(NC1CCC(NS(=O)(=O)CCC(F)(F)F)CC1)[n+]2O. The van der Waals surface area contributed by atoms with Crippen LogP contribution in [-0.2, 0) is 10.0 Å². The van der Waals surface area contributed by atoms with Crippen LogP contribution in [-0.4, -0.2) is 67.0 Å². The molecule has 4 rings (SSSR count). The van der Waals surface area contributed by atoms with Gasteiger partial charge >= 0.3 is 17.8 Å². The van der Waals surface area contributed by atoms with Gasteiger partial charge in [0.2, 0.25) is 10.0 Å². The third-order valence-electron chi connectivity index (χ3n) is 6.20. The number of sulfonamides is 1. The van der Waals surface area contributed by atoms with E-state index in [2.05, 4.69) is 25.2 Å². The first-order valence-corrected chi connectivity index (χ1v) is 13.2. The summed E-state index contributed by atoms with van der Waals surface area (Å²) >= 11 is 0. The van der Waals surface area contributed by atoms with Gasteiger partial charge < -0.3 is 14.7 Å². The van der Waals surface area contributed by atoms with Crippen LogP contribution in [0.2, 0.25) is 0 Å². The number of anilines is 1. The Morgan fingerprint density at radius 3 is 2.46 bits per heavy atom. The van der Waals surface area contributed by atoms with Crippen LogP contribution < -0.4 is 24.2 Å². The molecule has 3 aromatic rings. The molecule has 4 N–H and O–H groups in total. The van der Waals surface area contributed by atoms with Crippen LogP contribution in [0.4, 0.5) is 19.1 Å². The van der Waals surface area contributed by atoms with Gasteiger partial charge in [-0.15, -0.1) is 0 Å². The maximum Gasteiger partial charge on any atom is 0.390 e. The number of halogens is 3. The predicted molar refractivity (Wildman–Crippen MR) is 127 cm³/mol. The number of hydrogen-bond acceptors (Lipinski definition) is 8. The molecule has 0 saturated heterocycles. The number of methoxy groups -OCH3 is 2. The van der Waals surface area contributed by atoms with E-state index >= 15 is 0 Å². The summed E-state index contributed by atoms with van der Waals surface area (Å²) in [5.74, 6) is -0.114. The van der Waals surface area contributed by atoms with Gasteiger partial charge in [-0.05, 0) is 47.6 Å². The highest BCUT2D eigenvalue weighted by Gasteiger charge is 2.33. The Balaban J connectivity index is 1.48. The second-order valence-electron chi connectivity index (χ2n) is 8.75. The molecule has 11 nitrogen and oxygen atoms in total. The molecule has 1 aromatic carbocycles. The fourth-order valence-electron chi connectivity index (χ4n) is 4.38. The summed E-state index contributed by atoms with van der Waals surface area (Å²) in [7, 11) is -1.05. The van der Waals surface area contributed by atoms with Crippen molar-refractivity contribution in [2.24, 2.45) is 0 Å². The number of aromatic nitrogens is 4. The topological polar surface area (TPSA) is 142 Å². The first-order valence-electron chi connectivity index (χ1n) is 11.6. The average molecular weight is 546 g/mol. The lowest BCUT2D eigenvalue weighted by Crippen LogP contribution is -2.44. The van der Waals surface area contributed by atoms with Gasteiger partial charge in [0, 0.05) is 11.6 Å². The summed E-state index contributed by atoms with van der Waals surface area (Å²) in [6.07, 6.45) is -4.10. The van der Waals surface area contributed by atoms with Crippen LogP contribution in [0, 0.1) is 0 Å². The first-order chi connectivity index (χ1) is 17.5. The Morgan fingerprint density at radius 2 is 1.81 bits per heavy atom. The van der Waals surface area contributed by atoms with E-state index < -0.39 is 34.4 Å². The number of nitrogens with zero attached hydrogens (tertiary/aromatic N) is 3. The fraction of sp³-hybridized carbons (Fsp3) is 0.500. The predicted octanol–water partition coefficient (Wildman–Crippen LogP) is 2.76. The molecule has 0 radical (unpaired) electrons. The third kappa shape index (κ3) is 6.15. The number of alkyl halides is 3. The number of rotatable bonds is 9. The fourth-order valence-corrected chi connectivity index (χ4v) is 5.74. The third-order valence-corrected chi connectivity index (χ3v) is 7.63. The summed E-state index contributed by atoms with van der Waals surface area (Å²) in [5, 5.41) is 21.6. The van der Waals surface area contributed by atoms with Crippen LogP contribution in [0.5, 0.6) is 11.6 Å². The second kappa shape index (κ2) is 10.6. The van der Waals surface area contributed by atoms with Crippen LogP contribution in [0.15, 0.2) is 24.3 Å². The summed E-state index contributed by atoms with van der Waals surface area (Å²) in [6.45, 7) is 0. The van der Waals surface area contributed by atoms with E-state index in [-0.39, 0.29) is 23.5 Å². The van der Waals surface area contributed by atoms with Crippen molar-refractivity contribution in [2.75, 3.05) is 25.3 Å². The van der Waals surface area contributed by atoms with Crippen LogP contribution in [0.3, 0.4) is 0 Å². The molecule has 2 aromatic heterocycles. The van der Waals surface area contributed by atoms with Crippen molar-refractivity contribution >= 4 is 27.0 Å². The molecule has 202 valence electrons. The molecule has 0 atom stereocenters. The summed E-state index contributed by atoms with van der Waals surface area (Å²) in [6, 6.07) is 6.65. The van der Waals surface area contributed by atoms with E-state index in [9.17, 15) is 26.8 Å². The number of para-hydroxylation sites is 1. The van der Waals surface area contributed by atoms with Gasteiger partial charge in [-0.1, -0.05) is 17.1 Å². The Morgan fingerprint density at radius 1 is 1.14 bits per heavy atom. The van der Waals surface area contributed by atoms with Crippen molar-refractivity contribution in [3.63, 3.8) is 0 Å². The van der Waals surface area contributed by atoms with E-state index in [0.29, 0.717) is 48.1 Å². The Labute approximate surface area is 211 Å². The van der Waals surface area contributed by atoms with Crippen molar-refractivity contribution in [3.8, 4) is 22.9 Å². The van der Waals surface area contributed by atoms with Crippen molar-refractivity contribution in [2.45, 2.75) is 50.4 Å². The maximum atomic E-state index is 12.4. The molecule has 0 aliphatic heterocycles. The molecule has 2 heterocycles. The quantitative estimate of drug-likeness (QED) is 0.238.